The molecule has 7 heteroatoms. The molecule has 3 aromatic carbocycles. The molecular weight excluding hydrogens is 444 g/mol. The van der Waals surface area contributed by atoms with Gasteiger partial charge in [0, 0.05) is 19.5 Å². The van der Waals surface area contributed by atoms with Crippen molar-refractivity contribution in [2.75, 3.05) is 20.2 Å². The molecule has 0 heterocycles. The fourth-order valence-corrected chi connectivity index (χ4v) is 4.47. The highest BCUT2D eigenvalue weighted by Gasteiger charge is 2.31. The second kappa shape index (κ2) is 10.4. The van der Waals surface area contributed by atoms with Gasteiger partial charge in [0.15, 0.2) is 0 Å². The molecule has 35 heavy (non-hydrogen) atoms. The second-order valence-corrected chi connectivity index (χ2v) is 8.63. The molecule has 1 aliphatic carbocycles. The highest BCUT2D eigenvalue weighted by atomic mass is 16.5. The number of carboxylic acids is 1. The highest BCUT2D eigenvalue weighted by Crippen LogP contribution is 2.44. The number of benzene rings is 3. The van der Waals surface area contributed by atoms with Crippen LogP contribution in [0.1, 0.15) is 35.4 Å². The van der Waals surface area contributed by atoms with Gasteiger partial charge in [-0.15, -0.1) is 0 Å². The maximum Gasteiger partial charge on any atom is 0.407 e. The van der Waals surface area contributed by atoms with Crippen LogP contribution in [0.2, 0.25) is 0 Å². The number of rotatable bonds is 8. The lowest BCUT2D eigenvalue weighted by molar-refractivity contribution is -0.148. The number of amides is 2. The van der Waals surface area contributed by atoms with Crippen molar-refractivity contribution < 1.29 is 24.2 Å². The Bertz CT molecular complexity index is 1180. The van der Waals surface area contributed by atoms with E-state index >= 15 is 0 Å². The van der Waals surface area contributed by atoms with E-state index < -0.39 is 29.9 Å². The van der Waals surface area contributed by atoms with E-state index in [-0.39, 0.29) is 19.1 Å². The number of nitrogens with zero attached hydrogens (tertiary/aromatic N) is 1. The summed E-state index contributed by atoms with van der Waals surface area (Å²) in [6.45, 7) is 1.59. The summed E-state index contributed by atoms with van der Waals surface area (Å²) in [7, 11) is 1.45. The maximum atomic E-state index is 13.1. The number of nitrogens with one attached hydrogen (secondary N) is 1. The van der Waals surface area contributed by atoms with Crippen LogP contribution in [0.15, 0.2) is 78.9 Å². The van der Waals surface area contributed by atoms with Gasteiger partial charge in [-0.3, -0.25) is 4.79 Å². The zero-order valence-electron chi connectivity index (χ0n) is 19.7. The third-order valence-corrected chi connectivity index (χ3v) is 6.58. The Morgan fingerprint density at radius 1 is 0.914 bits per heavy atom. The molecular formula is C28H28N2O5. The van der Waals surface area contributed by atoms with Crippen molar-refractivity contribution in [2.24, 2.45) is 0 Å². The van der Waals surface area contributed by atoms with E-state index in [1.54, 1.807) is 24.3 Å². The molecule has 0 bridgehead atoms. The van der Waals surface area contributed by atoms with Gasteiger partial charge in [0.1, 0.15) is 12.6 Å². The van der Waals surface area contributed by atoms with Crippen molar-refractivity contribution in [1.82, 2.24) is 10.2 Å². The normalized spacial score (nSPS) is 13.8. The molecule has 3 aromatic rings. The Balaban J connectivity index is 1.43. The summed E-state index contributed by atoms with van der Waals surface area (Å²) in [5.74, 6) is -2.31. The Kier molecular flexibility index (Phi) is 7.15. The molecule has 1 aliphatic rings. The number of aliphatic carboxylic acids is 1. The monoisotopic (exact) mass is 472 g/mol. The van der Waals surface area contributed by atoms with E-state index in [2.05, 4.69) is 17.4 Å². The zero-order chi connectivity index (χ0) is 24.9. The third kappa shape index (κ3) is 5.04. The zero-order valence-corrected chi connectivity index (χ0v) is 19.7. The maximum absolute atomic E-state index is 13.1. The quantitative estimate of drug-likeness (QED) is 0.511. The van der Waals surface area contributed by atoms with Crippen LogP contribution in [0.3, 0.4) is 0 Å². The Morgan fingerprint density at radius 2 is 1.46 bits per heavy atom. The van der Waals surface area contributed by atoms with Crippen molar-refractivity contribution in [1.29, 1.82) is 0 Å². The van der Waals surface area contributed by atoms with Crippen molar-refractivity contribution in [3.05, 3.63) is 95.6 Å². The molecule has 4 rings (SSSR count). The summed E-state index contributed by atoms with van der Waals surface area (Å²) in [6, 6.07) is 24.1. The van der Waals surface area contributed by atoms with Crippen LogP contribution < -0.4 is 5.32 Å². The fraction of sp³-hybridized carbons (Fsp3) is 0.250. The topological polar surface area (TPSA) is 95.9 Å². The molecule has 0 saturated heterocycles. The van der Waals surface area contributed by atoms with Crippen LogP contribution in [-0.2, 0) is 14.3 Å². The van der Waals surface area contributed by atoms with E-state index in [1.165, 1.54) is 18.9 Å². The first-order valence-corrected chi connectivity index (χ1v) is 11.5. The lowest BCUT2D eigenvalue weighted by Crippen LogP contribution is -2.45. The minimum absolute atomic E-state index is 0.0177. The Hall–Kier alpha value is -4.13. The first-order chi connectivity index (χ1) is 16.9. The Labute approximate surface area is 204 Å². The van der Waals surface area contributed by atoms with Crippen molar-refractivity contribution in [3.8, 4) is 11.1 Å². The predicted molar refractivity (Wildman–Crippen MR) is 132 cm³/mol. The average Bonchev–Trinajstić information content (AvgIpc) is 3.20. The molecule has 2 N–H and O–H groups in total. The van der Waals surface area contributed by atoms with Gasteiger partial charge in [0.2, 0.25) is 5.91 Å². The van der Waals surface area contributed by atoms with E-state index in [9.17, 15) is 19.5 Å². The number of hydrogen-bond acceptors (Lipinski definition) is 4. The summed E-state index contributed by atoms with van der Waals surface area (Å²) in [4.78, 5) is 38.3. The SMILES string of the molecule is CC(C(=O)O)N(C)C(=O)C(CNC(=O)OCC1c2ccccc2-c2ccccc21)c1ccccc1. The highest BCUT2D eigenvalue weighted by molar-refractivity contribution is 5.88. The summed E-state index contributed by atoms with van der Waals surface area (Å²) in [6.07, 6.45) is -0.630. The lowest BCUT2D eigenvalue weighted by Gasteiger charge is -2.27. The number of alkyl carbamates (subject to hydrolysis) is 1. The molecule has 0 aliphatic heterocycles. The minimum Gasteiger partial charge on any atom is -0.480 e. The van der Waals surface area contributed by atoms with Gasteiger partial charge in [-0.05, 0) is 34.7 Å². The fourth-order valence-electron chi connectivity index (χ4n) is 4.47. The van der Waals surface area contributed by atoms with Gasteiger partial charge in [-0.1, -0.05) is 78.9 Å². The predicted octanol–water partition coefficient (Wildman–Crippen LogP) is 4.24. The van der Waals surface area contributed by atoms with Gasteiger partial charge < -0.3 is 20.1 Å². The molecule has 7 nitrogen and oxygen atoms in total. The molecule has 2 amide bonds. The van der Waals surface area contributed by atoms with Gasteiger partial charge in [-0.2, -0.15) is 0 Å². The summed E-state index contributed by atoms with van der Waals surface area (Å²) >= 11 is 0. The minimum atomic E-state index is -1.10. The molecule has 0 radical (unpaired) electrons. The number of carbonyl (C=O) groups excluding carboxylic acids is 2. The number of carboxylic acid groups (broad SMARTS) is 1. The van der Waals surface area contributed by atoms with Crippen LogP contribution in [0.4, 0.5) is 4.79 Å². The van der Waals surface area contributed by atoms with Gasteiger partial charge in [0.05, 0.1) is 5.92 Å². The molecule has 2 unspecified atom stereocenters. The van der Waals surface area contributed by atoms with Crippen molar-refractivity contribution in [2.45, 2.75) is 24.8 Å². The van der Waals surface area contributed by atoms with E-state index in [1.807, 2.05) is 42.5 Å². The first kappa shape index (κ1) is 24.0. The molecule has 0 fully saturated rings. The lowest BCUT2D eigenvalue weighted by atomic mass is 9.97. The van der Waals surface area contributed by atoms with Crippen LogP contribution >= 0.6 is 0 Å². The Morgan fingerprint density at radius 3 is 2.03 bits per heavy atom. The summed E-state index contributed by atoms with van der Waals surface area (Å²) in [5.41, 5.74) is 5.19. The molecule has 2 atom stereocenters. The smallest absolute Gasteiger partial charge is 0.407 e. The van der Waals surface area contributed by atoms with Crippen molar-refractivity contribution in [3.63, 3.8) is 0 Å². The van der Waals surface area contributed by atoms with Crippen LogP contribution in [0.25, 0.3) is 11.1 Å². The molecule has 0 aromatic heterocycles. The summed E-state index contributed by atoms with van der Waals surface area (Å²) in [5, 5.41) is 12.0. The number of fused-ring (bicyclic) bond motifs is 3. The number of likely N-dealkylation sites (N-methyl/N-ethyl adjacent to an activating group) is 1. The summed E-state index contributed by atoms with van der Waals surface area (Å²) < 4.78 is 5.58. The van der Waals surface area contributed by atoms with Gasteiger partial charge in [0.25, 0.3) is 0 Å². The van der Waals surface area contributed by atoms with E-state index in [0.29, 0.717) is 5.56 Å². The largest absolute Gasteiger partial charge is 0.480 e. The van der Waals surface area contributed by atoms with Gasteiger partial charge >= 0.3 is 12.1 Å². The van der Waals surface area contributed by atoms with Crippen molar-refractivity contribution >= 4 is 18.0 Å². The van der Waals surface area contributed by atoms with Crippen LogP contribution in [0, 0.1) is 0 Å². The molecule has 180 valence electrons. The first-order valence-electron chi connectivity index (χ1n) is 11.5. The standard InChI is InChI=1S/C28H28N2O5/c1-18(27(32)33)30(2)26(31)24(19-10-4-3-5-11-19)16-29-28(34)35-17-25-22-14-8-6-12-20(22)21-13-7-9-15-23(21)25/h3-15,18,24-25H,16-17H2,1-2H3,(H,29,34)(H,32,33). The molecule has 0 spiro atoms. The van der Waals surface area contributed by atoms with Crippen LogP contribution in [0.5, 0.6) is 0 Å². The van der Waals surface area contributed by atoms with E-state index in [0.717, 1.165) is 22.3 Å². The number of carbonyl (C=O) groups is 3. The number of hydrogen-bond donors (Lipinski definition) is 2. The average molecular weight is 473 g/mol. The van der Waals surface area contributed by atoms with Gasteiger partial charge in [-0.25, -0.2) is 9.59 Å². The number of ether oxygens (including phenoxy) is 1. The van der Waals surface area contributed by atoms with E-state index in [4.69, 9.17) is 4.74 Å². The second-order valence-electron chi connectivity index (χ2n) is 8.63. The molecule has 0 saturated carbocycles. The van der Waals surface area contributed by atoms with Crippen LogP contribution in [-0.4, -0.2) is 54.2 Å². The third-order valence-electron chi connectivity index (χ3n) is 6.58.